The van der Waals surface area contributed by atoms with Crippen LogP contribution in [0, 0.1) is 5.41 Å². The van der Waals surface area contributed by atoms with Crippen LogP contribution in [-0.2, 0) is 9.53 Å². The van der Waals surface area contributed by atoms with Crippen molar-refractivity contribution in [2.75, 3.05) is 33.9 Å². The molecule has 0 aromatic carbocycles. The monoisotopic (exact) mass is 233 g/mol. The molecule has 0 aromatic rings. The molecular weight excluding hydrogens is 210 g/mol. The third-order valence-corrected chi connectivity index (χ3v) is 2.29. The highest BCUT2D eigenvalue weighted by molar-refractivity contribution is 5.81. The number of aliphatic hydroxyl groups excluding tert-OH is 1. The number of amides is 1. The fraction of sp³-hybridized carbons (Fsp3) is 0.900. The Hall–Kier alpha value is -0.690. The van der Waals surface area contributed by atoms with Crippen LogP contribution in [0.1, 0.15) is 13.8 Å². The predicted molar refractivity (Wildman–Crippen MR) is 61.5 cm³/mol. The van der Waals surface area contributed by atoms with Crippen LogP contribution in [-0.4, -0.2) is 55.9 Å². The zero-order valence-corrected chi connectivity index (χ0v) is 10.5. The molecule has 0 heterocycles. The quantitative estimate of drug-likeness (QED) is 0.296. The van der Waals surface area contributed by atoms with Crippen molar-refractivity contribution in [2.45, 2.75) is 20.0 Å². The molecule has 0 saturated heterocycles. The van der Waals surface area contributed by atoms with E-state index in [2.05, 4.69) is 5.43 Å². The van der Waals surface area contributed by atoms with Gasteiger partial charge in [0.05, 0.1) is 18.1 Å². The number of nitrogens with two attached hydrogens (primary N) is 1. The number of carbonyl (C=O) groups is 1. The van der Waals surface area contributed by atoms with Gasteiger partial charge in [-0.2, -0.15) is 0 Å². The molecule has 6 heteroatoms. The Balaban J connectivity index is 4.12. The van der Waals surface area contributed by atoms with Crippen LogP contribution in [0.4, 0.5) is 0 Å². The largest absolute Gasteiger partial charge is 0.389 e. The van der Waals surface area contributed by atoms with E-state index < -0.39 is 11.5 Å². The van der Waals surface area contributed by atoms with Crippen LogP contribution < -0.4 is 11.3 Å². The summed E-state index contributed by atoms with van der Waals surface area (Å²) in [6.07, 6.45) is -0.549. The van der Waals surface area contributed by atoms with Gasteiger partial charge in [0.25, 0.3) is 0 Å². The molecule has 16 heavy (non-hydrogen) atoms. The van der Waals surface area contributed by atoms with Gasteiger partial charge in [0.15, 0.2) is 0 Å². The number of rotatable bonds is 7. The number of hydrogen-bond donors (Lipinski definition) is 3. The van der Waals surface area contributed by atoms with Gasteiger partial charge in [-0.1, -0.05) is 0 Å². The lowest BCUT2D eigenvalue weighted by Gasteiger charge is -2.29. The lowest BCUT2D eigenvalue weighted by atomic mass is 9.92. The number of nitrogens with one attached hydrogen (secondary N) is 1. The maximum absolute atomic E-state index is 11.4. The van der Waals surface area contributed by atoms with Crippen LogP contribution in [0.25, 0.3) is 0 Å². The molecule has 0 bridgehead atoms. The number of nitrogens with zero attached hydrogens (tertiary/aromatic N) is 1. The van der Waals surface area contributed by atoms with Gasteiger partial charge in [-0.15, -0.1) is 0 Å². The van der Waals surface area contributed by atoms with E-state index in [0.29, 0.717) is 13.1 Å². The van der Waals surface area contributed by atoms with E-state index >= 15 is 0 Å². The molecule has 0 aliphatic carbocycles. The standard InChI is InChI=1S/C10H23N3O3/c1-10(2,9(15)12-11)7-13(3)5-8(14)6-16-4/h8,14H,5-7,11H2,1-4H3,(H,12,15). The number of ether oxygens (including phenoxy) is 1. The summed E-state index contributed by atoms with van der Waals surface area (Å²) in [7, 11) is 3.37. The second-order valence-electron chi connectivity index (χ2n) is 4.66. The Morgan fingerprint density at radius 3 is 2.62 bits per heavy atom. The fourth-order valence-electron chi connectivity index (χ4n) is 1.61. The second-order valence-corrected chi connectivity index (χ2v) is 4.66. The highest BCUT2D eigenvalue weighted by Crippen LogP contribution is 2.16. The van der Waals surface area contributed by atoms with E-state index in [1.807, 2.05) is 11.9 Å². The molecule has 0 aliphatic heterocycles. The predicted octanol–water partition coefficient (Wildman–Crippen LogP) is -1.06. The van der Waals surface area contributed by atoms with E-state index in [1.54, 1.807) is 13.8 Å². The summed E-state index contributed by atoms with van der Waals surface area (Å²) < 4.78 is 4.83. The Bertz CT molecular complexity index is 221. The average molecular weight is 233 g/mol. The molecule has 1 atom stereocenters. The van der Waals surface area contributed by atoms with Crippen molar-refractivity contribution in [3.8, 4) is 0 Å². The van der Waals surface area contributed by atoms with E-state index in [0.717, 1.165) is 0 Å². The topological polar surface area (TPSA) is 87.8 Å². The first-order valence-corrected chi connectivity index (χ1v) is 5.20. The van der Waals surface area contributed by atoms with Crippen molar-refractivity contribution in [3.05, 3.63) is 0 Å². The molecule has 6 nitrogen and oxygen atoms in total. The minimum Gasteiger partial charge on any atom is -0.389 e. The zero-order chi connectivity index (χ0) is 12.8. The van der Waals surface area contributed by atoms with E-state index in [9.17, 15) is 9.90 Å². The van der Waals surface area contributed by atoms with Crippen LogP contribution in [0.5, 0.6) is 0 Å². The molecule has 4 N–H and O–H groups in total. The lowest BCUT2D eigenvalue weighted by Crippen LogP contribution is -2.47. The van der Waals surface area contributed by atoms with Gasteiger partial charge in [0.1, 0.15) is 0 Å². The van der Waals surface area contributed by atoms with E-state index in [1.165, 1.54) is 7.11 Å². The first-order chi connectivity index (χ1) is 7.33. The molecule has 1 unspecified atom stereocenters. The van der Waals surface area contributed by atoms with Gasteiger partial charge in [-0.3, -0.25) is 10.2 Å². The maximum Gasteiger partial charge on any atom is 0.240 e. The summed E-state index contributed by atoms with van der Waals surface area (Å²) in [5.74, 6) is 4.87. The van der Waals surface area contributed by atoms with Crippen molar-refractivity contribution in [3.63, 3.8) is 0 Å². The molecule has 0 aliphatic rings. The summed E-state index contributed by atoms with van der Waals surface area (Å²) in [4.78, 5) is 13.3. The van der Waals surface area contributed by atoms with Crippen LogP contribution in [0.3, 0.4) is 0 Å². The Labute approximate surface area is 96.7 Å². The minimum atomic E-state index is -0.587. The van der Waals surface area contributed by atoms with Crippen LogP contribution >= 0.6 is 0 Å². The SMILES string of the molecule is COCC(O)CN(C)CC(C)(C)C(=O)NN. The Morgan fingerprint density at radius 1 is 1.62 bits per heavy atom. The number of hydrogen-bond acceptors (Lipinski definition) is 5. The summed E-state index contributed by atoms with van der Waals surface area (Å²) in [5.41, 5.74) is 1.55. The summed E-state index contributed by atoms with van der Waals surface area (Å²) in [6.45, 7) is 4.85. The van der Waals surface area contributed by atoms with Gasteiger partial charge >= 0.3 is 0 Å². The molecular formula is C10H23N3O3. The van der Waals surface area contributed by atoms with Crippen molar-refractivity contribution in [2.24, 2.45) is 11.3 Å². The average Bonchev–Trinajstić information content (AvgIpc) is 2.15. The highest BCUT2D eigenvalue weighted by Gasteiger charge is 2.28. The molecule has 0 radical (unpaired) electrons. The van der Waals surface area contributed by atoms with E-state index in [-0.39, 0.29) is 12.5 Å². The molecule has 0 spiro atoms. The molecule has 0 rings (SSSR count). The molecule has 1 amide bonds. The molecule has 0 aromatic heterocycles. The van der Waals surface area contributed by atoms with E-state index in [4.69, 9.17) is 10.6 Å². The van der Waals surface area contributed by atoms with Crippen LogP contribution in [0.2, 0.25) is 0 Å². The summed E-state index contributed by atoms with van der Waals surface area (Å²) in [6, 6.07) is 0. The van der Waals surface area contributed by atoms with Crippen molar-refractivity contribution in [1.29, 1.82) is 0 Å². The summed E-state index contributed by atoms with van der Waals surface area (Å²) >= 11 is 0. The van der Waals surface area contributed by atoms with Crippen molar-refractivity contribution < 1.29 is 14.6 Å². The molecule has 0 saturated carbocycles. The third-order valence-electron chi connectivity index (χ3n) is 2.29. The van der Waals surface area contributed by atoms with Gasteiger partial charge in [-0.25, -0.2) is 5.84 Å². The molecule has 0 fully saturated rings. The number of carbonyl (C=O) groups excluding carboxylic acids is 1. The first-order valence-electron chi connectivity index (χ1n) is 5.20. The van der Waals surface area contributed by atoms with Crippen molar-refractivity contribution in [1.82, 2.24) is 10.3 Å². The Morgan fingerprint density at radius 2 is 2.19 bits per heavy atom. The number of hydrazine groups is 1. The molecule has 96 valence electrons. The second kappa shape index (κ2) is 6.80. The van der Waals surface area contributed by atoms with Crippen LogP contribution in [0.15, 0.2) is 0 Å². The van der Waals surface area contributed by atoms with Gasteiger partial charge < -0.3 is 14.7 Å². The highest BCUT2D eigenvalue weighted by atomic mass is 16.5. The lowest BCUT2D eigenvalue weighted by molar-refractivity contribution is -0.130. The third kappa shape index (κ3) is 5.41. The van der Waals surface area contributed by atoms with Gasteiger partial charge in [0, 0.05) is 20.2 Å². The fourth-order valence-corrected chi connectivity index (χ4v) is 1.61. The van der Waals surface area contributed by atoms with Gasteiger partial charge in [-0.05, 0) is 20.9 Å². The smallest absolute Gasteiger partial charge is 0.240 e. The minimum absolute atomic E-state index is 0.222. The normalized spacial score (nSPS) is 13.9. The van der Waals surface area contributed by atoms with Gasteiger partial charge in [0.2, 0.25) is 5.91 Å². The number of methoxy groups -OCH3 is 1. The summed E-state index contributed by atoms with van der Waals surface area (Å²) in [5, 5.41) is 9.52. The van der Waals surface area contributed by atoms with Crippen molar-refractivity contribution >= 4 is 5.91 Å². The number of likely N-dealkylation sites (N-methyl/N-ethyl adjacent to an activating group) is 1. The Kier molecular flexibility index (Phi) is 6.51. The maximum atomic E-state index is 11.4. The zero-order valence-electron chi connectivity index (χ0n) is 10.5. The number of aliphatic hydroxyl groups is 1. The first kappa shape index (κ1) is 15.3.